The molecule has 0 spiro atoms. The highest BCUT2D eigenvalue weighted by Crippen LogP contribution is 2.53. The number of fused-ring (bicyclic) bond motifs is 2. The number of aliphatic hydroxyl groups is 1. The number of aromatic carboxylic acids is 1. The van der Waals surface area contributed by atoms with Crippen molar-refractivity contribution in [2.24, 2.45) is 17.8 Å². The Morgan fingerprint density at radius 1 is 1.27 bits per heavy atom. The molecule has 4 heteroatoms. The molecular formula is C18H24O4. The van der Waals surface area contributed by atoms with E-state index in [1.54, 1.807) is 12.1 Å². The largest absolute Gasteiger partial charge is 0.478 e. The molecule has 1 aliphatic heterocycles. The fourth-order valence-electron chi connectivity index (χ4n) is 4.14. The maximum Gasteiger partial charge on any atom is 0.336 e. The molecule has 1 heterocycles. The number of hydrogen-bond donors (Lipinski definition) is 2. The van der Waals surface area contributed by atoms with Crippen molar-refractivity contribution in [3.8, 4) is 0 Å². The molecule has 4 nitrogen and oxygen atoms in total. The highest BCUT2D eigenvalue weighted by atomic mass is 16.5. The summed E-state index contributed by atoms with van der Waals surface area (Å²) in [6.45, 7) is 6.14. The van der Waals surface area contributed by atoms with Crippen LogP contribution in [0.15, 0.2) is 24.3 Å². The number of carboxylic acids is 1. The Hall–Kier alpha value is -1.39. The van der Waals surface area contributed by atoms with Gasteiger partial charge in [-0.3, -0.25) is 0 Å². The zero-order chi connectivity index (χ0) is 16.1. The molecule has 5 atom stereocenters. The third-order valence-corrected chi connectivity index (χ3v) is 5.67. The average molecular weight is 304 g/mol. The molecule has 1 aromatic carbocycles. The van der Waals surface area contributed by atoms with E-state index in [-0.39, 0.29) is 29.6 Å². The molecule has 1 aromatic rings. The zero-order valence-electron chi connectivity index (χ0n) is 13.3. The van der Waals surface area contributed by atoms with Crippen LogP contribution in [0, 0.1) is 17.8 Å². The molecule has 0 amide bonds. The second kappa shape index (κ2) is 5.36. The van der Waals surface area contributed by atoms with E-state index < -0.39 is 5.97 Å². The topological polar surface area (TPSA) is 66.8 Å². The van der Waals surface area contributed by atoms with Crippen LogP contribution >= 0.6 is 0 Å². The first-order valence-corrected chi connectivity index (χ1v) is 7.99. The minimum Gasteiger partial charge on any atom is -0.478 e. The summed E-state index contributed by atoms with van der Waals surface area (Å²) in [5, 5.41) is 19.9. The quantitative estimate of drug-likeness (QED) is 0.880. The lowest BCUT2D eigenvalue weighted by molar-refractivity contribution is -0.215. The predicted molar refractivity (Wildman–Crippen MR) is 82.7 cm³/mol. The van der Waals surface area contributed by atoms with Gasteiger partial charge in [-0.1, -0.05) is 25.1 Å². The smallest absolute Gasteiger partial charge is 0.336 e. The molecule has 2 bridgehead atoms. The van der Waals surface area contributed by atoms with E-state index in [1.807, 2.05) is 32.9 Å². The molecule has 0 unspecified atom stereocenters. The Morgan fingerprint density at radius 2 is 1.95 bits per heavy atom. The fraction of sp³-hybridized carbons (Fsp3) is 0.611. The number of ether oxygens (including phenoxy) is 1. The van der Waals surface area contributed by atoms with Crippen molar-refractivity contribution in [3.63, 3.8) is 0 Å². The maximum absolute atomic E-state index is 11.5. The highest BCUT2D eigenvalue weighted by Gasteiger charge is 2.51. The average Bonchev–Trinajstić information content (AvgIpc) is 2.47. The van der Waals surface area contributed by atoms with Gasteiger partial charge >= 0.3 is 5.97 Å². The summed E-state index contributed by atoms with van der Waals surface area (Å²) in [4.78, 5) is 11.5. The molecule has 1 saturated carbocycles. The molecule has 3 rings (SSSR count). The Labute approximate surface area is 131 Å². The fourth-order valence-corrected chi connectivity index (χ4v) is 4.14. The van der Waals surface area contributed by atoms with Crippen molar-refractivity contribution in [2.75, 3.05) is 0 Å². The number of benzene rings is 1. The van der Waals surface area contributed by atoms with Gasteiger partial charge in [0.2, 0.25) is 0 Å². The molecule has 2 N–H and O–H groups in total. The van der Waals surface area contributed by atoms with Crippen molar-refractivity contribution in [1.29, 1.82) is 0 Å². The summed E-state index contributed by atoms with van der Waals surface area (Å²) >= 11 is 0. The summed E-state index contributed by atoms with van der Waals surface area (Å²) in [6.07, 6.45) is 1.12. The maximum atomic E-state index is 11.5. The number of carbonyl (C=O) groups is 1. The van der Waals surface area contributed by atoms with Crippen LogP contribution in [0.4, 0.5) is 0 Å². The number of aliphatic hydroxyl groups excluding tert-OH is 1. The van der Waals surface area contributed by atoms with Crippen LogP contribution in [0.3, 0.4) is 0 Å². The van der Waals surface area contributed by atoms with E-state index in [2.05, 4.69) is 0 Å². The first kappa shape index (κ1) is 15.5. The monoisotopic (exact) mass is 304 g/mol. The van der Waals surface area contributed by atoms with Gasteiger partial charge in [-0.05, 0) is 56.1 Å². The molecular weight excluding hydrogens is 280 g/mol. The summed E-state index contributed by atoms with van der Waals surface area (Å²) in [5.41, 5.74) is 0.676. The van der Waals surface area contributed by atoms with Crippen LogP contribution in [0.25, 0.3) is 0 Å². The van der Waals surface area contributed by atoms with Gasteiger partial charge in [-0.25, -0.2) is 4.79 Å². The first-order chi connectivity index (χ1) is 10.3. The second-order valence-electron chi connectivity index (χ2n) is 7.29. The third kappa shape index (κ3) is 2.44. The van der Waals surface area contributed by atoms with E-state index in [0.717, 1.165) is 18.4 Å². The molecule has 1 saturated heterocycles. The van der Waals surface area contributed by atoms with Crippen molar-refractivity contribution < 1.29 is 19.7 Å². The Morgan fingerprint density at radius 3 is 2.64 bits per heavy atom. The Kier molecular flexibility index (Phi) is 3.77. The minimum atomic E-state index is -0.928. The molecule has 2 aliphatic rings. The minimum absolute atomic E-state index is 0.110. The van der Waals surface area contributed by atoms with E-state index in [4.69, 9.17) is 4.74 Å². The van der Waals surface area contributed by atoms with Gasteiger partial charge in [-0.2, -0.15) is 0 Å². The van der Waals surface area contributed by atoms with Gasteiger partial charge in [0.05, 0.1) is 23.4 Å². The zero-order valence-corrected chi connectivity index (χ0v) is 13.3. The Bertz CT molecular complexity index is 580. The lowest BCUT2D eigenvalue weighted by Gasteiger charge is -2.53. The third-order valence-electron chi connectivity index (χ3n) is 5.67. The molecule has 2 fully saturated rings. The van der Waals surface area contributed by atoms with Crippen LogP contribution in [0.5, 0.6) is 0 Å². The first-order valence-electron chi connectivity index (χ1n) is 7.99. The summed E-state index contributed by atoms with van der Waals surface area (Å²) < 4.78 is 6.36. The lowest BCUT2D eigenvalue weighted by Crippen LogP contribution is -2.52. The van der Waals surface area contributed by atoms with Crippen molar-refractivity contribution >= 4 is 5.97 Å². The van der Waals surface area contributed by atoms with Gasteiger partial charge < -0.3 is 14.9 Å². The van der Waals surface area contributed by atoms with Crippen LogP contribution < -0.4 is 0 Å². The van der Waals surface area contributed by atoms with Crippen LogP contribution in [-0.4, -0.2) is 27.9 Å². The van der Waals surface area contributed by atoms with E-state index in [0.29, 0.717) is 11.5 Å². The molecule has 22 heavy (non-hydrogen) atoms. The molecule has 0 radical (unpaired) electrons. The molecule has 120 valence electrons. The second-order valence-corrected chi connectivity index (χ2v) is 7.29. The van der Waals surface area contributed by atoms with Crippen molar-refractivity contribution in [1.82, 2.24) is 0 Å². The lowest BCUT2D eigenvalue weighted by atomic mass is 9.63. The standard InChI is InChI=1S/C18H24O4/c1-10-14-8-11(9-15(10)19)18(2,3)22-16(14)12-6-4-5-7-13(12)17(20)21/h4-7,10-11,14-16,19H,8-9H2,1-3H3,(H,20,21)/t10-,11-,14+,15-,16-/m0/s1. The van der Waals surface area contributed by atoms with Crippen molar-refractivity contribution in [3.05, 3.63) is 35.4 Å². The van der Waals surface area contributed by atoms with Crippen LogP contribution in [-0.2, 0) is 4.74 Å². The normalized spacial score (nSPS) is 36.8. The van der Waals surface area contributed by atoms with Gasteiger partial charge in [0, 0.05) is 0 Å². The predicted octanol–water partition coefficient (Wildman–Crippen LogP) is 3.26. The van der Waals surface area contributed by atoms with E-state index in [1.165, 1.54) is 0 Å². The van der Waals surface area contributed by atoms with Gasteiger partial charge in [-0.15, -0.1) is 0 Å². The number of rotatable bonds is 2. The van der Waals surface area contributed by atoms with Crippen molar-refractivity contribution in [2.45, 2.75) is 51.4 Å². The summed E-state index contributed by atoms with van der Waals surface area (Å²) in [7, 11) is 0. The SMILES string of the molecule is C[C@H]1[C@H]2C[C@@H](C[C@@H]1O)C(C)(C)O[C@H]2c1ccccc1C(=O)O. The molecule has 0 aromatic heterocycles. The van der Waals surface area contributed by atoms with Gasteiger partial charge in [0.1, 0.15) is 0 Å². The van der Waals surface area contributed by atoms with Crippen LogP contribution in [0.2, 0.25) is 0 Å². The van der Waals surface area contributed by atoms with Gasteiger partial charge in [0.25, 0.3) is 0 Å². The Balaban J connectivity index is 2.04. The highest BCUT2D eigenvalue weighted by molar-refractivity contribution is 5.89. The summed E-state index contributed by atoms with van der Waals surface area (Å²) in [5.74, 6) is -0.346. The number of hydrogen-bond acceptors (Lipinski definition) is 3. The molecule has 1 aliphatic carbocycles. The van der Waals surface area contributed by atoms with E-state index >= 15 is 0 Å². The summed E-state index contributed by atoms with van der Waals surface area (Å²) in [6, 6.07) is 7.07. The number of carboxylic acid groups (broad SMARTS) is 1. The van der Waals surface area contributed by atoms with E-state index in [9.17, 15) is 15.0 Å². The van der Waals surface area contributed by atoms with Crippen LogP contribution in [0.1, 0.15) is 55.6 Å². The van der Waals surface area contributed by atoms with Gasteiger partial charge in [0.15, 0.2) is 0 Å².